The average molecular weight is 502 g/mol. The van der Waals surface area contributed by atoms with E-state index in [1.165, 1.54) is 10.6 Å². The molecular weight excluding hydrogens is 462 g/mol. The van der Waals surface area contributed by atoms with E-state index in [0.717, 1.165) is 28.7 Å². The third-order valence-corrected chi connectivity index (χ3v) is 7.16. The molecule has 35 heavy (non-hydrogen) atoms. The molecule has 0 bridgehead atoms. The number of carbonyl (C=O) groups is 2. The van der Waals surface area contributed by atoms with Crippen LogP contribution in [0.15, 0.2) is 42.5 Å². The lowest BCUT2D eigenvalue weighted by Gasteiger charge is -2.30. The van der Waals surface area contributed by atoms with Crippen molar-refractivity contribution in [3.63, 3.8) is 0 Å². The Labute approximate surface area is 210 Å². The predicted octanol–water partition coefficient (Wildman–Crippen LogP) is 4.10. The van der Waals surface area contributed by atoms with Gasteiger partial charge in [-0.2, -0.15) is 0 Å². The Morgan fingerprint density at radius 3 is 2.23 bits per heavy atom. The largest absolute Gasteiger partial charge is 0.354 e. The summed E-state index contributed by atoms with van der Waals surface area (Å²) in [5.41, 5.74) is 4.57. The summed E-state index contributed by atoms with van der Waals surface area (Å²) in [6.45, 7) is 10.6. The van der Waals surface area contributed by atoms with Crippen molar-refractivity contribution < 1.29 is 18.0 Å². The first-order valence-electron chi connectivity index (χ1n) is 12.1. The number of benzene rings is 2. The first-order chi connectivity index (χ1) is 16.4. The normalized spacial score (nSPS) is 12.2. The van der Waals surface area contributed by atoms with Gasteiger partial charge in [0.1, 0.15) is 6.04 Å². The summed E-state index contributed by atoms with van der Waals surface area (Å²) < 4.78 is 26.4. The summed E-state index contributed by atoms with van der Waals surface area (Å²) in [5.74, 6) is -0.372. The number of carbonyl (C=O) groups excluding carboxylic acids is 2. The Morgan fingerprint density at radius 2 is 1.66 bits per heavy atom. The zero-order valence-electron chi connectivity index (χ0n) is 21.8. The van der Waals surface area contributed by atoms with E-state index in [0.29, 0.717) is 25.2 Å². The van der Waals surface area contributed by atoms with Gasteiger partial charge in [0.05, 0.1) is 11.9 Å². The molecule has 1 atom stereocenters. The standard InChI is InChI=1S/C27H39N3O4S/c1-7-14-28-27(32)23(5)29(19-24-12-9-8-11-22(24)4)26(31)13-10-15-30(35(6,33)34)25-17-20(2)16-21(3)18-25/h8-9,11-12,16-18,23H,7,10,13-15,19H2,1-6H3,(H,28,32). The zero-order chi connectivity index (χ0) is 26.2. The van der Waals surface area contributed by atoms with Gasteiger partial charge in [-0.25, -0.2) is 8.42 Å². The molecule has 8 heteroatoms. The second-order valence-electron chi connectivity index (χ2n) is 9.20. The number of hydrogen-bond donors (Lipinski definition) is 1. The Bertz CT molecular complexity index is 1110. The van der Waals surface area contributed by atoms with Crippen LogP contribution < -0.4 is 9.62 Å². The van der Waals surface area contributed by atoms with Gasteiger partial charge in [-0.05, 0) is 74.9 Å². The van der Waals surface area contributed by atoms with Crippen LogP contribution in [0.2, 0.25) is 0 Å². The van der Waals surface area contributed by atoms with Crippen molar-refractivity contribution in [1.29, 1.82) is 0 Å². The molecule has 2 rings (SSSR count). The summed E-state index contributed by atoms with van der Waals surface area (Å²) in [6.07, 6.45) is 2.46. The highest BCUT2D eigenvalue weighted by Crippen LogP contribution is 2.22. The number of rotatable bonds is 12. The van der Waals surface area contributed by atoms with Crippen LogP contribution in [0, 0.1) is 20.8 Å². The van der Waals surface area contributed by atoms with Crippen molar-refractivity contribution >= 4 is 27.5 Å². The summed E-state index contributed by atoms with van der Waals surface area (Å²) in [7, 11) is -3.52. The molecule has 0 aliphatic carbocycles. The fourth-order valence-corrected chi connectivity index (χ4v) is 5.00. The molecule has 192 valence electrons. The van der Waals surface area contributed by atoms with Crippen LogP contribution in [0.4, 0.5) is 5.69 Å². The number of amides is 2. The van der Waals surface area contributed by atoms with Gasteiger partial charge in [-0.1, -0.05) is 37.3 Å². The highest BCUT2D eigenvalue weighted by Gasteiger charge is 2.27. The molecule has 0 aromatic heterocycles. The van der Waals surface area contributed by atoms with E-state index in [4.69, 9.17) is 0 Å². The first kappa shape index (κ1) is 28.4. The van der Waals surface area contributed by atoms with Gasteiger partial charge >= 0.3 is 0 Å². The van der Waals surface area contributed by atoms with Crippen molar-refractivity contribution in [2.24, 2.45) is 0 Å². The number of nitrogens with one attached hydrogen (secondary N) is 1. The lowest BCUT2D eigenvalue weighted by atomic mass is 10.1. The second kappa shape index (κ2) is 12.7. The number of nitrogens with zero attached hydrogens (tertiary/aromatic N) is 2. The third kappa shape index (κ3) is 8.38. The molecule has 2 aromatic rings. The molecule has 2 aromatic carbocycles. The minimum absolute atomic E-state index is 0.133. The van der Waals surface area contributed by atoms with Crippen LogP contribution in [0.1, 0.15) is 55.4 Å². The minimum atomic E-state index is -3.52. The number of anilines is 1. The molecule has 1 N–H and O–H groups in total. The van der Waals surface area contributed by atoms with Gasteiger partial charge in [-0.3, -0.25) is 13.9 Å². The van der Waals surface area contributed by atoms with Crippen LogP contribution in [-0.4, -0.2) is 50.5 Å². The van der Waals surface area contributed by atoms with Crippen LogP contribution in [-0.2, 0) is 26.2 Å². The van der Waals surface area contributed by atoms with Gasteiger partial charge in [0.15, 0.2) is 0 Å². The fourth-order valence-electron chi connectivity index (χ4n) is 4.05. The molecule has 0 saturated carbocycles. The number of sulfonamides is 1. The van der Waals surface area contributed by atoms with Crippen molar-refractivity contribution in [3.05, 3.63) is 64.7 Å². The lowest BCUT2D eigenvalue weighted by Crippen LogP contribution is -2.48. The van der Waals surface area contributed by atoms with Crippen molar-refractivity contribution in [3.8, 4) is 0 Å². The highest BCUT2D eigenvalue weighted by atomic mass is 32.2. The van der Waals surface area contributed by atoms with Crippen molar-refractivity contribution in [1.82, 2.24) is 10.2 Å². The van der Waals surface area contributed by atoms with E-state index in [9.17, 15) is 18.0 Å². The molecule has 1 unspecified atom stereocenters. The Morgan fingerprint density at radius 1 is 1.03 bits per heavy atom. The molecule has 0 radical (unpaired) electrons. The molecule has 0 fully saturated rings. The highest BCUT2D eigenvalue weighted by molar-refractivity contribution is 7.92. The predicted molar refractivity (Wildman–Crippen MR) is 142 cm³/mol. The minimum Gasteiger partial charge on any atom is -0.354 e. The Balaban J connectivity index is 2.19. The SMILES string of the molecule is CCCNC(=O)C(C)N(Cc1ccccc1C)C(=O)CCCN(c1cc(C)cc(C)c1)S(C)(=O)=O. The maximum atomic E-state index is 13.3. The van der Waals surface area contributed by atoms with E-state index < -0.39 is 16.1 Å². The zero-order valence-corrected chi connectivity index (χ0v) is 22.6. The quantitative estimate of drug-likeness (QED) is 0.474. The van der Waals surface area contributed by atoms with E-state index in [1.807, 2.05) is 70.2 Å². The molecule has 0 saturated heterocycles. The van der Waals surface area contributed by atoms with Gasteiger partial charge < -0.3 is 10.2 Å². The first-order valence-corrected chi connectivity index (χ1v) is 14.0. The second-order valence-corrected chi connectivity index (χ2v) is 11.1. The van der Waals surface area contributed by atoms with Gasteiger partial charge in [-0.15, -0.1) is 0 Å². The van der Waals surface area contributed by atoms with E-state index in [1.54, 1.807) is 11.8 Å². The molecule has 0 aliphatic heterocycles. The van der Waals surface area contributed by atoms with Crippen LogP contribution >= 0.6 is 0 Å². The third-order valence-electron chi connectivity index (χ3n) is 5.97. The molecule has 0 aliphatic rings. The Kier molecular flexibility index (Phi) is 10.3. The topological polar surface area (TPSA) is 86.8 Å². The number of hydrogen-bond acceptors (Lipinski definition) is 4. The maximum absolute atomic E-state index is 13.3. The van der Waals surface area contributed by atoms with E-state index in [2.05, 4.69) is 5.32 Å². The van der Waals surface area contributed by atoms with Crippen molar-refractivity contribution in [2.45, 2.75) is 66.5 Å². The summed E-state index contributed by atoms with van der Waals surface area (Å²) in [5, 5.41) is 2.87. The fraction of sp³-hybridized carbons (Fsp3) is 0.481. The summed E-state index contributed by atoms with van der Waals surface area (Å²) in [6, 6.07) is 12.8. The summed E-state index contributed by atoms with van der Waals surface area (Å²) in [4.78, 5) is 27.6. The van der Waals surface area contributed by atoms with Gasteiger partial charge in [0, 0.05) is 26.1 Å². The van der Waals surface area contributed by atoms with E-state index in [-0.39, 0.29) is 24.8 Å². The number of aryl methyl sites for hydroxylation is 3. The monoisotopic (exact) mass is 501 g/mol. The lowest BCUT2D eigenvalue weighted by molar-refractivity contribution is -0.140. The van der Waals surface area contributed by atoms with Crippen LogP contribution in [0.5, 0.6) is 0 Å². The summed E-state index contributed by atoms with van der Waals surface area (Å²) >= 11 is 0. The Hall–Kier alpha value is -2.87. The van der Waals surface area contributed by atoms with Crippen LogP contribution in [0.25, 0.3) is 0 Å². The van der Waals surface area contributed by atoms with Gasteiger partial charge in [0.25, 0.3) is 0 Å². The van der Waals surface area contributed by atoms with Gasteiger partial charge in [0.2, 0.25) is 21.8 Å². The molecular formula is C27H39N3O4S. The van der Waals surface area contributed by atoms with E-state index >= 15 is 0 Å². The smallest absolute Gasteiger partial charge is 0.242 e. The maximum Gasteiger partial charge on any atom is 0.242 e. The van der Waals surface area contributed by atoms with Crippen molar-refractivity contribution in [2.75, 3.05) is 23.7 Å². The average Bonchev–Trinajstić information content (AvgIpc) is 2.77. The van der Waals surface area contributed by atoms with Crippen LogP contribution in [0.3, 0.4) is 0 Å². The molecule has 7 nitrogen and oxygen atoms in total. The molecule has 0 heterocycles. The molecule has 0 spiro atoms. The molecule has 2 amide bonds.